The molecule has 8 heteroatoms. The van der Waals surface area contributed by atoms with Gasteiger partial charge >= 0.3 is 6.09 Å². The zero-order valence-electron chi connectivity index (χ0n) is 12.8. The van der Waals surface area contributed by atoms with E-state index in [1.807, 2.05) is 6.92 Å². The summed E-state index contributed by atoms with van der Waals surface area (Å²) in [6.07, 6.45) is 4.26. The fourth-order valence-corrected chi connectivity index (χ4v) is 2.51. The molecule has 1 fully saturated rings. The number of amides is 1. The van der Waals surface area contributed by atoms with E-state index >= 15 is 0 Å². The van der Waals surface area contributed by atoms with Crippen LogP contribution in [0.2, 0.25) is 0 Å². The number of likely N-dealkylation sites (tertiary alicyclic amines) is 1. The van der Waals surface area contributed by atoms with Crippen LogP contribution in [0.15, 0.2) is 0 Å². The molecule has 0 atom stereocenters. The molecule has 0 aromatic carbocycles. The molecule has 0 bridgehead atoms. The van der Waals surface area contributed by atoms with Crippen LogP contribution in [-0.4, -0.2) is 64.6 Å². The van der Waals surface area contributed by atoms with Gasteiger partial charge in [0.25, 0.3) is 10.1 Å². The van der Waals surface area contributed by atoms with E-state index in [4.69, 9.17) is 8.92 Å². The number of rotatable bonds is 8. The maximum Gasteiger partial charge on any atom is 0.407 e. The number of hydrogen-bond donors (Lipinski definition) is 1. The molecule has 1 amide bonds. The van der Waals surface area contributed by atoms with Crippen molar-refractivity contribution in [2.24, 2.45) is 0 Å². The SMILES string of the molecule is CCCCOC(=O)NC1CCN(CCOS(C)(=O)=O)CC1. The number of nitrogens with one attached hydrogen (secondary N) is 1. The van der Waals surface area contributed by atoms with Crippen molar-refractivity contribution in [2.45, 2.75) is 38.6 Å². The summed E-state index contributed by atoms with van der Waals surface area (Å²) in [6.45, 7) is 4.89. The minimum absolute atomic E-state index is 0.131. The van der Waals surface area contributed by atoms with E-state index in [0.29, 0.717) is 13.2 Å². The number of carbonyl (C=O) groups is 1. The van der Waals surface area contributed by atoms with Gasteiger partial charge in [-0.15, -0.1) is 0 Å². The largest absolute Gasteiger partial charge is 0.450 e. The molecule has 124 valence electrons. The van der Waals surface area contributed by atoms with E-state index in [1.165, 1.54) is 0 Å². The first-order chi connectivity index (χ1) is 9.90. The maximum absolute atomic E-state index is 11.5. The van der Waals surface area contributed by atoms with Crippen molar-refractivity contribution < 1.29 is 22.1 Å². The molecule has 0 unspecified atom stereocenters. The third kappa shape index (κ3) is 8.90. The van der Waals surface area contributed by atoms with Gasteiger partial charge in [-0.2, -0.15) is 8.42 Å². The van der Waals surface area contributed by atoms with Crippen molar-refractivity contribution >= 4 is 16.2 Å². The van der Waals surface area contributed by atoms with Crippen LogP contribution < -0.4 is 5.32 Å². The van der Waals surface area contributed by atoms with Crippen molar-refractivity contribution in [3.8, 4) is 0 Å². The second-order valence-electron chi connectivity index (χ2n) is 5.28. The third-order valence-electron chi connectivity index (χ3n) is 3.35. The van der Waals surface area contributed by atoms with Gasteiger partial charge in [-0.1, -0.05) is 13.3 Å². The van der Waals surface area contributed by atoms with E-state index in [9.17, 15) is 13.2 Å². The minimum Gasteiger partial charge on any atom is -0.450 e. The number of nitrogens with zero attached hydrogens (tertiary/aromatic N) is 1. The van der Waals surface area contributed by atoms with Crippen molar-refractivity contribution in [3.05, 3.63) is 0 Å². The Morgan fingerprint density at radius 1 is 1.29 bits per heavy atom. The molecule has 1 heterocycles. The van der Waals surface area contributed by atoms with Gasteiger partial charge in [-0.3, -0.25) is 4.18 Å². The van der Waals surface area contributed by atoms with Crippen LogP contribution in [0.1, 0.15) is 32.6 Å². The average Bonchev–Trinajstić information content (AvgIpc) is 2.40. The van der Waals surface area contributed by atoms with E-state index in [2.05, 4.69) is 10.2 Å². The van der Waals surface area contributed by atoms with Crippen LogP contribution in [0, 0.1) is 0 Å². The standard InChI is InChI=1S/C13H26N2O5S/c1-3-4-10-19-13(16)14-12-5-7-15(8-6-12)9-11-20-21(2,17)18/h12H,3-11H2,1-2H3,(H,14,16). The fourth-order valence-electron chi connectivity index (χ4n) is 2.14. The molecule has 7 nitrogen and oxygen atoms in total. The lowest BCUT2D eigenvalue weighted by Crippen LogP contribution is -2.45. The summed E-state index contributed by atoms with van der Waals surface area (Å²) in [6, 6.07) is 0.131. The number of unbranched alkanes of at least 4 members (excludes halogenated alkanes) is 1. The summed E-state index contributed by atoms with van der Waals surface area (Å²) >= 11 is 0. The summed E-state index contributed by atoms with van der Waals surface area (Å²) < 4.78 is 31.5. The predicted octanol–water partition coefficient (Wildman–Crippen LogP) is 0.953. The molecular formula is C13H26N2O5S. The molecule has 1 rings (SSSR count). The normalized spacial score (nSPS) is 17.6. The second kappa shape index (κ2) is 9.22. The summed E-state index contributed by atoms with van der Waals surface area (Å²) in [4.78, 5) is 13.6. The Balaban J connectivity index is 2.13. The lowest BCUT2D eigenvalue weighted by atomic mass is 10.1. The highest BCUT2D eigenvalue weighted by atomic mass is 32.2. The molecule has 0 spiro atoms. The van der Waals surface area contributed by atoms with Gasteiger partial charge in [-0.05, 0) is 19.3 Å². The molecular weight excluding hydrogens is 296 g/mol. The van der Waals surface area contributed by atoms with Crippen LogP contribution in [0.4, 0.5) is 4.79 Å². The molecule has 0 aliphatic carbocycles. The van der Waals surface area contributed by atoms with Crippen molar-refractivity contribution in [1.82, 2.24) is 10.2 Å². The van der Waals surface area contributed by atoms with Crippen molar-refractivity contribution in [2.75, 3.05) is 39.1 Å². The van der Waals surface area contributed by atoms with Crippen LogP contribution in [-0.2, 0) is 19.0 Å². The van der Waals surface area contributed by atoms with Crippen LogP contribution >= 0.6 is 0 Å². The van der Waals surface area contributed by atoms with Gasteiger partial charge in [0.1, 0.15) is 0 Å². The summed E-state index contributed by atoms with van der Waals surface area (Å²) in [5.74, 6) is 0. The van der Waals surface area contributed by atoms with Crippen molar-refractivity contribution in [1.29, 1.82) is 0 Å². The molecule has 21 heavy (non-hydrogen) atoms. The average molecular weight is 322 g/mol. The Morgan fingerprint density at radius 2 is 1.95 bits per heavy atom. The predicted molar refractivity (Wildman–Crippen MR) is 79.6 cm³/mol. The molecule has 1 saturated heterocycles. The first-order valence-corrected chi connectivity index (χ1v) is 9.22. The fraction of sp³-hybridized carbons (Fsp3) is 0.923. The first kappa shape index (κ1) is 18.2. The number of piperidine rings is 1. The van der Waals surface area contributed by atoms with E-state index in [0.717, 1.165) is 45.0 Å². The molecule has 0 saturated carbocycles. The van der Waals surface area contributed by atoms with Gasteiger partial charge in [0.2, 0.25) is 0 Å². The highest BCUT2D eigenvalue weighted by Gasteiger charge is 2.21. The quantitative estimate of drug-likeness (QED) is 0.529. The van der Waals surface area contributed by atoms with Crippen LogP contribution in [0.25, 0.3) is 0 Å². The van der Waals surface area contributed by atoms with Gasteiger partial charge in [-0.25, -0.2) is 4.79 Å². The topological polar surface area (TPSA) is 84.9 Å². The summed E-state index contributed by atoms with van der Waals surface area (Å²) in [5.41, 5.74) is 0. The zero-order chi connectivity index (χ0) is 15.7. The molecule has 1 aliphatic rings. The Hall–Kier alpha value is -0.860. The van der Waals surface area contributed by atoms with E-state index in [1.54, 1.807) is 0 Å². The van der Waals surface area contributed by atoms with Gasteiger partial charge < -0.3 is 15.0 Å². The Bertz CT molecular complexity index is 405. The number of carbonyl (C=O) groups excluding carboxylic acids is 1. The van der Waals surface area contributed by atoms with E-state index in [-0.39, 0.29) is 18.7 Å². The monoisotopic (exact) mass is 322 g/mol. The Kier molecular flexibility index (Phi) is 7.98. The van der Waals surface area contributed by atoms with Gasteiger partial charge in [0.15, 0.2) is 0 Å². The van der Waals surface area contributed by atoms with E-state index < -0.39 is 10.1 Å². The molecule has 1 aliphatic heterocycles. The lowest BCUT2D eigenvalue weighted by molar-refractivity contribution is 0.127. The van der Waals surface area contributed by atoms with Crippen molar-refractivity contribution in [3.63, 3.8) is 0 Å². The summed E-state index contributed by atoms with van der Waals surface area (Å²) in [7, 11) is -3.36. The highest BCUT2D eigenvalue weighted by Crippen LogP contribution is 2.10. The van der Waals surface area contributed by atoms with Gasteiger partial charge in [0.05, 0.1) is 19.5 Å². The second-order valence-corrected chi connectivity index (χ2v) is 6.92. The number of alkyl carbamates (subject to hydrolysis) is 1. The number of ether oxygens (including phenoxy) is 1. The van der Waals surface area contributed by atoms with Gasteiger partial charge in [0, 0.05) is 25.7 Å². The minimum atomic E-state index is -3.36. The summed E-state index contributed by atoms with van der Waals surface area (Å²) in [5, 5.41) is 2.86. The molecule has 0 radical (unpaired) electrons. The Morgan fingerprint density at radius 3 is 2.52 bits per heavy atom. The lowest BCUT2D eigenvalue weighted by Gasteiger charge is -2.31. The number of hydrogen-bond acceptors (Lipinski definition) is 6. The smallest absolute Gasteiger partial charge is 0.407 e. The van der Waals surface area contributed by atoms with Crippen LogP contribution in [0.5, 0.6) is 0 Å². The maximum atomic E-state index is 11.5. The molecule has 1 N–H and O–H groups in total. The Labute approximate surface area is 127 Å². The molecule has 0 aromatic rings. The van der Waals surface area contributed by atoms with Crippen LogP contribution in [0.3, 0.4) is 0 Å². The first-order valence-electron chi connectivity index (χ1n) is 7.40. The highest BCUT2D eigenvalue weighted by molar-refractivity contribution is 7.85. The molecule has 0 aromatic heterocycles. The third-order valence-corrected chi connectivity index (χ3v) is 3.94. The zero-order valence-corrected chi connectivity index (χ0v) is 13.7.